The van der Waals surface area contributed by atoms with Gasteiger partial charge < -0.3 is 10.2 Å². The Morgan fingerprint density at radius 2 is 1.74 bits per heavy atom. The lowest BCUT2D eigenvalue weighted by Crippen LogP contribution is -2.39. The molecule has 0 radical (unpaired) electrons. The molecule has 3 fully saturated rings. The fourth-order valence-electron chi connectivity index (χ4n) is 4.39. The lowest BCUT2D eigenvalue weighted by atomic mass is 9.95. The van der Waals surface area contributed by atoms with E-state index in [0.717, 1.165) is 70.3 Å². The maximum Gasteiger partial charge on any atom is 0.346 e. The van der Waals surface area contributed by atoms with Gasteiger partial charge in [0.25, 0.3) is 0 Å². The molecule has 8 nitrogen and oxygen atoms in total. The van der Waals surface area contributed by atoms with E-state index < -0.39 is 0 Å². The number of nitrogens with zero attached hydrogens (tertiary/aromatic N) is 4. The molecule has 3 aliphatic rings. The SMILES string of the molecule is Cn1c(C2CCN(C(=O)C3CC3)CC2)nn(CC(=O)NC2CCCC2)c1=O. The van der Waals surface area contributed by atoms with Gasteiger partial charge in [-0.25, -0.2) is 9.48 Å². The number of carbonyl (C=O) groups is 2. The summed E-state index contributed by atoms with van der Waals surface area (Å²) in [6.07, 6.45) is 8.04. The Hall–Kier alpha value is -2.12. The van der Waals surface area contributed by atoms with E-state index in [-0.39, 0.29) is 41.9 Å². The monoisotopic (exact) mass is 375 g/mol. The van der Waals surface area contributed by atoms with Crippen molar-refractivity contribution in [2.24, 2.45) is 13.0 Å². The molecule has 2 heterocycles. The summed E-state index contributed by atoms with van der Waals surface area (Å²) in [6.45, 7) is 1.43. The van der Waals surface area contributed by atoms with E-state index >= 15 is 0 Å². The van der Waals surface area contributed by atoms with Crippen molar-refractivity contribution in [2.75, 3.05) is 13.1 Å². The molecule has 2 saturated carbocycles. The van der Waals surface area contributed by atoms with E-state index in [0.29, 0.717) is 0 Å². The van der Waals surface area contributed by atoms with Crippen LogP contribution in [-0.2, 0) is 23.2 Å². The van der Waals surface area contributed by atoms with Crippen molar-refractivity contribution in [1.82, 2.24) is 24.6 Å². The first-order chi connectivity index (χ1) is 13.0. The number of rotatable bonds is 5. The van der Waals surface area contributed by atoms with Crippen LogP contribution in [0.3, 0.4) is 0 Å². The number of hydrogen-bond acceptors (Lipinski definition) is 4. The number of carbonyl (C=O) groups excluding carboxylic acids is 2. The quantitative estimate of drug-likeness (QED) is 0.823. The van der Waals surface area contributed by atoms with Crippen molar-refractivity contribution in [1.29, 1.82) is 0 Å². The lowest BCUT2D eigenvalue weighted by Gasteiger charge is -2.31. The molecule has 0 spiro atoms. The molecule has 0 bridgehead atoms. The van der Waals surface area contributed by atoms with Gasteiger partial charge in [0.05, 0.1) is 0 Å². The second-order valence-electron chi connectivity index (χ2n) is 8.28. The Labute approximate surface area is 158 Å². The summed E-state index contributed by atoms with van der Waals surface area (Å²) in [6, 6.07) is 0.240. The van der Waals surface area contributed by atoms with Crippen molar-refractivity contribution in [2.45, 2.75) is 69.9 Å². The molecule has 27 heavy (non-hydrogen) atoms. The van der Waals surface area contributed by atoms with Crippen molar-refractivity contribution >= 4 is 11.8 Å². The predicted octanol–water partition coefficient (Wildman–Crippen LogP) is 0.757. The Kier molecular flexibility index (Phi) is 5.06. The minimum atomic E-state index is -0.247. The summed E-state index contributed by atoms with van der Waals surface area (Å²) < 4.78 is 2.84. The van der Waals surface area contributed by atoms with Crippen molar-refractivity contribution in [3.8, 4) is 0 Å². The highest BCUT2D eigenvalue weighted by atomic mass is 16.2. The average Bonchev–Trinajstić information content (AvgIpc) is 3.34. The first kappa shape index (κ1) is 18.3. The summed E-state index contributed by atoms with van der Waals surface area (Å²) in [7, 11) is 1.72. The summed E-state index contributed by atoms with van der Waals surface area (Å²) in [5.74, 6) is 1.29. The van der Waals surface area contributed by atoms with Gasteiger partial charge in [0.1, 0.15) is 12.4 Å². The molecule has 4 rings (SSSR count). The van der Waals surface area contributed by atoms with Crippen LogP contribution in [0.15, 0.2) is 4.79 Å². The maximum atomic E-state index is 12.5. The van der Waals surface area contributed by atoms with E-state index in [1.165, 1.54) is 4.68 Å². The van der Waals surface area contributed by atoms with Crippen LogP contribution in [0.5, 0.6) is 0 Å². The Balaban J connectivity index is 1.37. The number of likely N-dealkylation sites (tertiary alicyclic amines) is 1. The molecule has 1 saturated heterocycles. The van der Waals surface area contributed by atoms with Gasteiger partial charge in [-0.3, -0.25) is 14.2 Å². The van der Waals surface area contributed by atoms with Crippen molar-refractivity contribution in [3.63, 3.8) is 0 Å². The standard InChI is InChI=1S/C19H29N5O3/c1-22-17(13-8-10-23(11-9-13)18(26)14-6-7-14)21-24(19(22)27)12-16(25)20-15-4-2-3-5-15/h13-15H,2-12H2,1H3,(H,20,25). The molecule has 1 aromatic rings. The van der Waals surface area contributed by atoms with E-state index in [1.807, 2.05) is 4.90 Å². The topological polar surface area (TPSA) is 89.2 Å². The number of nitrogens with one attached hydrogen (secondary N) is 1. The van der Waals surface area contributed by atoms with Crippen LogP contribution < -0.4 is 11.0 Å². The molecule has 1 aliphatic heterocycles. The maximum absolute atomic E-state index is 12.5. The van der Waals surface area contributed by atoms with Crippen LogP contribution in [0.4, 0.5) is 0 Å². The molecule has 2 amide bonds. The highest BCUT2D eigenvalue weighted by Crippen LogP contribution is 2.33. The number of amides is 2. The zero-order valence-corrected chi connectivity index (χ0v) is 16.0. The largest absolute Gasteiger partial charge is 0.352 e. The molecule has 0 unspecified atom stereocenters. The molecule has 1 aromatic heterocycles. The third-order valence-electron chi connectivity index (χ3n) is 6.19. The zero-order valence-electron chi connectivity index (χ0n) is 16.0. The third-order valence-corrected chi connectivity index (χ3v) is 6.19. The highest BCUT2D eigenvalue weighted by molar-refractivity contribution is 5.81. The Bertz CT molecular complexity index is 765. The molecule has 8 heteroatoms. The van der Waals surface area contributed by atoms with E-state index in [4.69, 9.17) is 0 Å². The minimum Gasteiger partial charge on any atom is -0.352 e. The van der Waals surface area contributed by atoms with Crippen molar-refractivity contribution < 1.29 is 9.59 Å². The zero-order chi connectivity index (χ0) is 19.0. The molecule has 148 valence electrons. The normalized spacial score (nSPS) is 21.6. The van der Waals surface area contributed by atoms with Gasteiger partial charge >= 0.3 is 5.69 Å². The van der Waals surface area contributed by atoms with Gasteiger partial charge in [0, 0.05) is 38.0 Å². The summed E-state index contributed by atoms with van der Waals surface area (Å²) >= 11 is 0. The second kappa shape index (κ2) is 7.48. The Morgan fingerprint density at radius 1 is 1.07 bits per heavy atom. The molecule has 0 aromatic carbocycles. The summed E-state index contributed by atoms with van der Waals surface area (Å²) in [5.41, 5.74) is -0.247. The molecule has 1 N–H and O–H groups in total. The van der Waals surface area contributed by atoms with Gasteiger partial charge in [-0.05, 0) is 38.5 Å². The smallest absolute Gasteiger partial charge is 0.346 e. The van der Waals surface area contributed by atoms with E-state index in [1.54, 1.807) is 11.6 Å². The van der Waals surface area contributed by atoms with Crippen LogP contribution in [0.1, 0.15) is 63.1 Å². The number of aromatic nitrogens is 3. The average molecular weight is 375 g/mol. The van der Waals surface area contributed by atoms with E-state index in [9.17, 15) is 14.4 Å². The number of hydrogen-bond donors (Lipinski definition) is 1. The fraction of sp³-hybridized carbons (Fsp3) is 0.789. The minimum absolute atomic E-state index is 0.0256. The molecular formula is C19H29N5O3. The Morgan fingerprint density at radius 3 is 2.37 bits per heavy atom. The predicted molar refractivity (Wildman–Crippen MR) is 99.1 cm³/mol. The number of piperidine rings is 1. The van der Waals surface area contributed by atoms with Gasteiger partial charge in [0.2, 0.25) is 11.8 Å². The van der Waals surface area contributed by atoms with Gasteiger partial charge in [-0.2, -0.15) is 5.10 Å². The van der Waals surface area contributed by atoms with Crippen molar-refractivity contribution in [3.05, 3.63) is 16.3 Å². The third kappa shape index (κ3) is 3.94. The van der Waals surface area contributed by atoms with Crippen LogP contribution in [-0.4, -0.2) is 50.2 Å². The van der Waals surface area contributed by atoms with Gasteiger partial charge in [0.15, 0.2) is 0 Å². The highest BCUT2D eigenvalue weighted by Gasteiger charge is 2.36. The first-order valence-electron chi connectivity index (χ1n) is 10.2. The second-order valence-corrected chi connectivity index (χ2v) is 8.28. The first-order valence-corrected chi connectivity index (χ1v) is 10.2. The summed E-state index contributed by atoms with van der Waals surface area (Å²) in [5, 5.41) is 7.47. The molecule has 2 aliphatic carbocycles. The van der Waals surface area contributed by atoms with Gasteiger partial charge in [-0.15, -0.1) is 0 Å². The lowest BCUT2D eigenvalue weighted by molar-refractivity contribution is -0.133. The van der Waals surface area contributed by atoms with E-state index in [2.05, 4.69) is 10.4 Å². The molecular weight excluding hydrogens is 346 g/mol. The van der Waals surface area contributed by atoms with Gasteiger partial charge in [-0.1, -0.05) is 12.8 Å². The van der Waals surface area contributed by atoms with Crippen LogP contribution in [0.25, 0.3) is 0 Å². The summed E-state index contributed by atoms with van der Waals surface area (Å²) in [4.78, 5) is 38.9. The van der Waals surface area contributed by atoms with Crippen LogP contribution >= 0.6 is 0 Å². The fourth-order valence-corrected chi connectivity index (χ4v) is 4.39. The molecule has 0 atom stereocenters. The van der Waals surface area contributed by atoms with Crippen LogP contribution in [0.2, 0.25) is 0 Å². The van der Waals surface area contributed by atoms with Crippen LogP contribution in [0, 0.1) is 5.92 Å².